The molecule has 0 spiro atoms. The van der Waals surface area contributed by atoms with Crippen LogP contribution < -0.4 is 15.2 Å². The maximum absolute atomic E-state index is 12.4. The van der Waals surface area contributed by atoms with Gasteiger partial charge in [0.05, 0.1) is 18.1 Å². The maximum atomic E-state index is 12.4. The summed E-state index contributed by atoms with van der Waals surface area (Å²) in [6, 6.07) is 9.76. The van der Waals surface area contributed by atoms with Crippen LogP contribution in [0.2, 0.25) is 0 Å². The minimum atomic E-state index is -1.33. The second kappa shape index (κ2) is 8.11. The monoisotopic (exact) mass is 357 g/mol. The molecule has 0 aliphatic heterocycles. The first-order chi connectivity index (χ1) is 12.3. The fourth-order valence-corrected chi connectivity index (χ4v) is 2.44. The van der Waals surface area contributed by atoms with Gasteiger partial charge in [-0.25, -0.2) is 0 Å². The van der Waals surface area contributed by atoms with Crippen LogP contribution in [0.25, 0.3) is 0 Å². The number of benzene rings is 2. The summed E-state index contributed by atoms with van der Waals surface area (Å²) in [5.41, 5.74) is 0.857. The van der Waals surface area contributed by atoms with E-state index >= 15 is 0 Å². The van der Waals surface area contributed by atoms with Crippen molar-refractivity contribution in [3.63, 3.8) is 0 Å². The summed E-state index contributed by atoms with van der Waals surface area (Å²) < 4.78 is 5.05. The van der Waals surface area contributed by atoms with E-state index in [1.54, 1.807) is 31.2 Å². The van der Waals surface area contributed by atoms with Gasteiger partial charge in [0.15, 0.2) is 0 Å². The molecule has 1 N–H and O–H groups in total. The molecule has 1 amide bonds. The predicted molar refractivity (Wildman–Crippen MR) is 90.7 cm³/mol. The quantitative estimate of drug-likeness (QED) is 0.592. The van der Waals surface area contributed by atoms with Crippen molar-refractivity contribution in [3.8, 4) is 5.75 Å². The molecule has 0 unspecified atom stereocenters. The molecule has 0 heterocycles. The Kier molecular flexibility index (Phi) is 5.90. The fraction of sp³-hybridized carbons (Fsp3) is 0.222. The Balaban J connectivity index is 2.27. The Morgan fingerprint density at radius 2 is 1.85 bits per heavy atom. The van der Waals surface area contributed by atoms with Crippen molar-refractivity contribution in [2.24, 2.45) is 0 Å². The fourth-order valence-electron chi connectivity index (χ4n) is 2.44. The molecule has 0 aliphatic carbocycles. The summed E-state index contributed by atoms with van der Waals surface area (Å²) in [6.07, 6.45) is -0.438. The molecule has 1 atom stereocenters. The molecule has 0 radical (unpaired) electrons. The SMILES string of the molecule is COc1ccc([C@@H](CC(=O)[O-])NC(=O)c2ccc(C)c([N+](=O)[O-])c2)cc1. The molecular weight excluding hydrogens is 340 g/mol. The number of hydrogen-bond acceptors (Lipinski definition) is 6. The lowest BCUT2D eigenvalue weighted by atomic mass is 10.0. The second-order valence-corrected chi connectivity index (χ2v) is 5.63. The van der Waals surface area contributed by atoms with Gasteiger partial charge < -0.3 is 20.0 Å². The normalized spacial score (nSPS) is 11.5. The number of methoxy groups -OCH3 is 1. The van der Waals surface area contributed by atoms with Crippen LogP contribution in [0.5, 0.6) is 5.75 Å². The summed E-state index contributed by atoms with van der Waals surface area (Å²) in [4.78, 5) is 33.9. The van der Waals surface area contributed by atoms with Gasteiger partial charge in [0.2, 0.25) is 0 Å². The number of nitrogens with one attached hydrogen (secondary N) is 1. The van der Waals surface area contributed by atoms with Crippen LogP contribution in [0.3, 0.4) is 0 Å². The van der Waals surface area contributed by atoms with Crippen molar-refractivity contribution >= 4 is 17.6 Å². The van der Waals surface area contributed by atoms with Gasteiger partial charge >= 0.3 is 0 Å². The highest BCUT2D eigenvalue weighted by atomic mass is 16.6. The zero-order chi connectivity index (χ0) is 19.3. The number of nitro benzene ring substituents is 1. The first-order valence-electron chi connectivity index (χ1n) is 7.71. The highest BCUT2D eigenvalue weighted by Gasteiger charge is 2.19. The lowest BCUT2D eigenvalue weighted by Gasteiger charge is -2.20. The molecule has 2 aromatic rings. The largest absolute Gasteiger partial charge is 0.550 e. The van der Waals surface area contributed by atoms with E-state index < -0.39 is 29.3 Å². The van der Waals surface area contributed by atoms with E-state index in [1.807, 2.05) is 0 Å². The number of nitro groups is 1. The molecule has 2 rings (SSSR count). The average Bonchev–Trinajstić information content (AvgIpc) is 2.61. The maximum Gasteiger partial charge on any atom is 0.273 e. The minimum Gasteiger partial charge on any atom is -0.550 e. The smallest absolute Gasteiger partial charge is 0.273 e. The summed E-state index contributed by atoms with van der Waals surface area (Å²) in [5.74, 6) is -1.36. The first kappa shape index (κ1) is 18.9. The number of aliphatic carboxylic acids is 1. The number of carboxylic acid groups (broad SMARTS) is 1. The van der Waals surface area contributed by atoms with Gasteiger partial charge in [-0.05, 0) is 30.7 Å². The highest BCUT2D eigenvalue weighted by Crippen LogP contribution is 2.23. The lowest BCUT2D eigenvalue weighted by Crippen LogP contribution is -2.34. The van der Waals surface area contributed by atoms with Crippen molar-refractivity contribution < 1.29 is 24.4 Å². The number of nitrogens with zero attached hydrogens (tertiary/aromatic N) is 1. The van der Waals surface area contributed by atoms with E-state index in [2.05, 4.69) is 5.32 Å². The zero-order valence-corrected chi connectivity index (χ0v) is 14.2. The third-order valence-corrected chi connectivity index (χ3v) is 3.86. The van der Waals surface area contributed by atoms with Gasteiger partial charge in [0.1, 0.15) is 5.75 Å². The van der Waals surface area contributed by atoms with Gasteiger partial charge in [0.25, 0.3) is 11.6 Å². The Morgan fingerprint density at radius 3 is 2.38 bits per heavy atom. The topological polar surface area (TPSA) is 122 Å². The molecule has 8 nitrogen and oxygen atoms in total. The molecule has 26 heavy (non-hydrogen) atoms. The molecule has 0 bridgehead atoms. The number of amides is 1. The molecule has 0 aliphatic rings. The van der Waals surface area contributed by atoms with E-state index in [0.717, 1.165) is 6.07 Å². The van der Waals surface area contributed by atoms with Gasteiger partial charge in [-0.3, -0.25) is 14.9 Å². The molecule has 0 saturated carbocycles. The lowest BCUT2D eigenvalue weighted by molar-refractivity contribution is -0.385. The van der Waals surface area contributed by atoms with Crippen LogP contribution in [0.15, 0.2) is 42.5 Å². The van der Waals surface area contributed by atoms with Crippen LogP contribution in [0, 0.1) is 17.0 Å². The van der Waals surface area contributed by atoms with E-state index in [-0.39, 0.29) is 11.3 Å². The van der Waals surface area contributed by atoms with Gasteiger partial charge in [0, 0.05) is 29.6 Å². The Morgan fingerprint density at radius 1 is 1.19 bits per heavy atom. The minimum absolute atomic E-state index is 0.0687. The summed E-state index contributed by atoms with van der Waals surface area (Å²) >= 11 is 0. The van der Waals surface area contributed by atoms with Crippen LogP contribution in [-0.4, -0.2) is 23.9 Å². The van der Waals surface area contributed by atoms with Crippen molar-refractivity contribution in [1.29, 1.82) is 0 Å². The molecular formula is C18H17N2O6-. The first-order valence-corrected chi connectivity index (χ1v) is 7.71. The van der Waals surface area contributed by atoms with E-state index in [0.29, 0.717) is 16.9 Å². The second-order valence-electron chi connectivity index (χ2n) is 5.63. The van der Waals surface area contributed by atoms with E-state index in [1.165, 1.54) is 19.2 Å². The molecule has 8 heteroatoms. The molecule has 0 fully saturated rings. The van der Waals surface area contributed by atoms with Crippen LogP contribution >= 0.6 is 0 Å². The standard InChI is InChI=1S/C18H18N2O6/c1-11-3-4-13(9-16(11)20(24)25)18(23)19-15(10-17(21)22)12-5-7-14(26-2)8-6-12/h3-9,15H,10H2,1-2H3,(H,19,23)(H,21,22)/p-1/t15-/m1/s1. The van der Waals surface area contributed by atoms with Crippen molar-refractivity contribution in [3.05, 3.63) is 69.3 Å². The third kappa shape index (κ3) is 4.56. The van der Waals surface area contributed by atoms with Gasteiger partial charge in [-0.1, -0.05) is 18.2 Å². The average molecular weight is 357 g/mol. The number of aryl methyl sites for hydroxylation is 1. The van der Waals surface area contributed by atoms with Crippen molar-refractivity contribution in [2.45, 2.75) is 19.4 Å². The van der Waals surface area contributed by atoms with Crippen LogP contribution in [-0.2, 0) is 4.79 Å². The Hall–Kier alpha value is -3.42. The predicted octanol–water partition coefficient (Wildman–Crippen LogP) is 1.52. The Labute approximate surface area is 149 Å². The number of carboxylic acids is 1. The number of hydrogen-bond donors (Lipinski definition) is 1. The summed E-state index contributed by atoms with van der Waals surface area (Å²) in [7, 11) is 1.50. The van der Waals surface area contributed by atoms with E-state index in [4.69, 9.17) is 4.74 Å². The third-order valence-electron chi connectivity index (χ3n) is 3.86. The van der Waals surface area contributed by atoms with Crippen LogP contribution in [0.4, 0.5) is 5.69 Å². The number of rotatable bonds is 7. The van der Waals surface area contributed by atoms with Gasteiger partial charge in [-0.15, -0.1) is 0 Å². The van der Waals surface area contributed by atoms with Crippen molar-refractivity contribution in [2.75, 3.05) is 7.11 Å². The highest BCUT2D eigenvalue weighted by molar-refractivity contribution is 5.95. The zero-order valence-electron chi connectivity index (χ0n) is 14.2. The molecule has 0 aromatic heterocycles. The summed E-state index contributed by atoms with van der Waals surface area (Å²) in [6.45, 7) is 1.57. The van der Waals surface area contributed by atoms with Crippen LogP contribution in [0.1, 0.15) is 33.9 Å². The molecule has 2 aromatic carbocycles. The number of carbonyl (C=O) groups is 2. The number of ether oxygens (including phenoxy) is 1. The Bertz CT molecular complexity index is 832. The van der Waals surface area contributed by atoms with Crippen molar-refractivity contribution in [1.82, 2.24) is 5.32 Å². The van der Waals surface area contributed by atoms with Gasteiger partial charge in [-0.2, -0.15) is 0 Å². The molecule has 136 valence electrons. The molecule has 0 saturated heterocycles. The number of carbonyl (C=O) groups excluding carboxylic acids is 2. The summed E-state index contributed by atoms with van der Waals surface area (Å²) in [5, 5.41) is 24.6. The van der Waals surface area contributed by atoms with E-state index in [9.17, 15) is 24.8 Å².